The third-order valence-corrected chi connectivity index (χ3v) is 3.64. The first kappa shape index (κ1) is 16.5. The molecule has 2 rings (SSSR count). The molecule has 1 amide bonds. The molecule has 0 aliphatic heterocycles. The monoisotopic (exact) mass is 319 g/mol. The molecule has 0 saturated carbocycles. The lowest BCUT2D eigenvalue weighted by molar-refractivity contribution is -0.116. The van der Waals surface area contributed by atoms with E-state index in [0.717, 1.165) is 18.0 Å². The van der Waals surface area contributed by atoms with E-state index in [1.54, 1.807) is 0 Å². The molecule has 1 N–H and O–H groups in total. The zero-order chi connectivity index (χ0) is 15.8. The molecule has 0 saturated heterocycles. The molecule has 22 heavy (non-hydrogen) atoms. The molecule has 0 bridgehead atoms. The van der Waals surface area contributed by atoms with Gasteiger partial charge in [0, 0.05) is 18.3 Å². The molecular formula is C16H21N3O2S. The van der Waals surface area contributed by atoms with Crippen LogP contribution >= 0.6 is 11.3 Å². The van der Waals surface area contributed by atoms with Crippen molar-refractivity contribution < 1.29 is 9.53 Å². The van der Waals surface area contributed by atoms with E-state index in [-0.39, 0.29) is 5.91 Å². The number of carbonyl (C=O) groups is 1. The fourth-order valence-electron chi connectivity index (χ4n) is 1.88. The van der Waals surface area contributed by atoms with Gasteiger partial charge in [0.05, 0.1) is 12.3 Å². The molecule has 118 valence electrons. The number of thiazole rings is 1. The van der Waals surface area contributed by atoms with E-state index >= 15 is 0 Å². The van der Waals surface area contributed by atoms with E-state index < -0.39 is 0 Å². The lowest BCUT2D eigenvalue weighted by atomic mass is 10.3. The van der Waals surface area contributed by atoms with Gasteiger partial charge in [0.15, 0.2) is 5.13 Å². The van der Waals surface area contributed by atoms with Gasteiger partial charge in [-0.15, -0.1) is 11.3 Å². The molecule has 0 radical (unpaired) electrons. The number of anilines is 1. The molecule has 0 unspecified atom stereocenters. The number of amides is 1. The van der Waals surface area contributed by atoms with Crippen LogP contribution in [0.15, 0.2) is 35.7 Å². The van der Waals surface area contributed by atoms with Gasteiger partial charge in [0.2, 0.25) is 5.91 Å². The van der Waals surface area contributed by atoms with Crippen LogP contribution in [0.1, 0.15) is 18.5 Å². The Morgan fingerprint density at radius 1 is 1.32 bits per heavy atom. The van der Waals surface area contributed by atoms with E-state index in [4.69, 9.17) is 4.74 Å². The fourth-order valence-corrected chi connectivity index (χ4v) is 2.60. The van der Waals surface area contributed by atoms with Crippen LogP contribution in [0.2, 0.25) is 0 Å². The Morgan fingerprint density at radius 3 is 2.82 bits per heavy atom. The van der Waals surface area contributed by atoms with Crippen LogP contribution in [0.3, 0.4) is 0 Å². The molecule has 0 aliphatic rings. The summed E-state index contributed by atoms with van der Waals surface area (Å²) in [5.74, 6) is 0.804. The van der Waals surface area contributed by atoms with Gasteiger partial charge in [-0.1, -0.05) is 18.2 Å². The van der Waals surface area contributed by atoms with Crippen molar-refractivity contribution in [2.24, 2.45) is 0 Å². The maximum Gasteiger partial charge on any atom is 0.226 e. The maximum absolute atomic E-state index is 11.8. The minimum absolute atomic E-state index is 0.0255. The molecular weight excluding hydrogens is 298 g/mol. The Bertz CT molecular complexity index is 584. The molecule has 5 nitrogen and oxygen atoms in total. The number of hydrogen-bond donors (Lipinski definition) is 1. The molecule has 0 atom stereocenters. The first-order valence-electron chi connectivity index (χ1n) is 7.20. The van der Waals surface area contributed by atoms with Crippen LogP contribution in [0, 0.1) is 0 Å². The van der Waals surface area contributed by atoms with Crippen LogP contribution in [-0.2, 0) is 11.3 Å². The number of nitrogens with zero attached hydrogens (tertiary/aromatic N) is 2. The van der Waals surface area contributed by atoms with Gasteiger partial charge >= 0.3 is 0 Å². The van der Waals surface area contributed by atoms with E-state index in [1.807, 2.05) is 54.7 Å². The first-order valence-corrected chi connectivity index (χ1v) is 8.08. The highest BCUT2D eigenvalue weighted by Crippen LogP contribution is 2.16. The molecule has 2 aromatic rings. The minimum atomic E-state index is -0.0255. The van der Waals surface area contributed by atoms with Crippen LogP contribution in [0.25, 0.3) is 0 Å². The summed E-state index contributed by atoms with van der Waals surface area (Å²) in [7, 11) is 3.98. The third-order valence-electron chi connectivity index (χ3n) is 2.84. The number of aromatic nitrogens is 1. The van der Waals surface area contributed by atoms with Crippen molar-refractivity contribution >= 4 is 22.4 Å². The summed E-state index contributed by atoms with van der Waals surface area (Å²) in [6.45, 7) is 1.30. The highest BCUT2D eigenvalue weighted by atomic mass is 32.1. The molecule has 0 fully saturated rings. The molecule has 0 spiro atoms. The van der Waals surface area contributed by atoms with Crippen molar-refractivity contribution in [2.75, 3.05) is 26.0 Å². The number of benzene rings is 1. The molecule has 1 aromatic heterocycles. The van der Waals surface area contributed by atoms with Crippen molar-refractivity contribution in [3.05, 3.63) is 41.4 Å². The SMILES string of the molecule is CN(C)Cc1csc(NC(=O)CCCOc2ccccc2)n1. The zero-order valence-corrected chi connectivity index (χ0v) is 13.7. The molecule has 1 heterocycles. The average Bonchev–Trinajstić information content (AvgIpc) is 2.91. The van der Waals surface area contributed by atoms with Crippen molar-refractivity contribution in [1.29, 1.82) is 0 Å². The van der Waals surface area contributed by atoms with Crippen LogP contribution in [0.4, 0.5) is 5.13 Å². The van der Waals surface area contributed by atoms with Crippen LogP contribution < -0.4 is 10.1 Å². The summed E-state index contributed by atoms with van der Waals surface area (Å²) >= 11 is 1.45. The van der Waals surface area contributed by atoms with Gasteiger partial charge in [-0.25, -0.2) is 4.98 Å². The van der Waals surface area contributed by atoms with Crippen molar-refractivity contribution in [1.82, 2.24) is 9.88 Å². The second-order valence-electron chi connectivity index (χ2n) is 5.20. The zero-order valence-electron chi connectivity index (χ0n) is 12.9. The Hall–Kier alpha value is -1.92. The number of rotatable bonds is 8. The largest absolute Gasteiger partial charge is 0.494 e. The Kier molecular flexibility index (Phi) is 6.36. The lowest BCUT2D eigenvalue weighted by Gasteiger charge is -2.06. The van der Waals surface area contributed by atoms with E-state index in [2.05, 4.69) is 10.3 Å². The van der Waals surface area contributed by atoms with Crippen molar-refractivity contribution in [2.45, 2.75) is 19.4 Å². The van der Waals surface area contributed by atoms with Gasteiger partial charge < -0.3 is 15.0 Å². The summed E-state index contributed by atoms with van der Waals surface area (Å²) in [6, 6.07) is 9.61. The Balaban J connectivity index is 1.66. The smallest absolute Gasteiger partial charge is 0.226 e. The Morgan fingerprint density at radius 2 is 2.09 bits per heavy atom. The fraction of sp³-hybridized carbons (Fsp3) is 0.375. The average molecular weight is 319 g/mol. The molecule has 1 aromatic carbocycles. The number of para-hydroxylation sites is 1. The highest BCUT2D eigenvalue weighted by Gasteiger charge is 2.07. The lowest BCUT2D eigenvalue weighted by Crippen LogP contribution is -2.13. The summed E-state index contributed by atoms with van der Waals surface area (Å²) in [4.78, 5) is 18.3. The van der Waals surface area contributed by atoms with Gasteiger partial charge in [0.1, 0.15) is 5.75 Å². The van der Waals surface area contributed by atoms with E-state index in [1.165, 1.54) is 11.3 Å². The normalized spacial score (nSPS) is 10.7. The summed E-state index contributed by atoms with van der Waals surface area (Å²) < 4.78 is 5.56. The van der Waals surface area contributed by atoms with Gasteiger partial charge in [-0.2, -0.15) is 0 Å². The van der Waals surface area contributed by atoms with Gasteiger partial charge in [0.25, 0.3) is 0 Å². The quantitative estimate of drug-likeness (QED) is 0.760. The van der Waals surface area contributed by atoms with Gasteiger partial charge in [-0.05, 0) is 32.6 Å². The first-order chi connectivity index (χ1) is 10.6. The predicted octanol–water partition coefficient (Wildman–Crippen LogP) is 3.00. The van der Waals surface area contributed by atoms with E-state index in [0.29, 0.717) is 24.6 Å². The third kappa shape index (κ3) is 5.83. The summed E-state index contributed by atoms with van der Waals surface area (Å²) in [6.07, 6.45) is 1.10. The van der Waals surface area contributed by atoms with E-state index in [9.17, 15) is 4.79 Å². The van der Waals surface area contributed by atoms with Crippen molar-refractivity contribution in [3.8, 4) is 5.75 Å². The number of ether oxygens (including phenoxy) is 1. The second kappa shape index (κ2) is 8.51. The minimum Gasteiger partial charge on any atom is -0.494 e. The standard InChI is InChI=1S/C16H21N3O2S/c1-19(2)11-13-12-22-16(17-13)18-15(20)9-6-10-21-14-7-4-3-5-8-14/h3-5,7-8,12H,6,9-11H2,1-2H3,(H,17,18,20). The number of nitrogens with one attached hydrogen (secondary N) is 1. The maximum atomic E-state index is 11.8. The number of hydrogen-bond acceptors (Lipinski definition) is 5. The topological polar surface area (TPSA) is 54.5 Å². The Labute approximate surface area is 134 Å². The number of carbonyl (C=O) groups excluding carboxylic acids is 1. The van der Waals surface area contributed by atoms with Gasteiger partial charge in [-0.3, -0.25) is 4.79 Å². The van der Waals surface area contributed by atoms with Crippen molar-refractivity contribution in [3.63, 3.8) is 0 Å². The highest BCUT2D eigenvalue weighted by molar-refractivity contribution is 7.13. The predicted molar refractivity (Wildman–Crippen MR) is 89.3 cm³/mol. The molecule has 6 heteroatoms. The van der Waals surface area contributed by atoms with Crippen LogP contribution in [0.5, 0.6) is 5.75 Å². The van der Waals surface area contributed by atoms with Crippen LogP contribution in [-0.4, -0.2) is 36.5 Å². The second-order valence-corrected chi connectivity index (χ2v) is 6.05. The molecule has 0 aliphatic carbocycles. The summed E-state index contributed by atoms with van der Waals surface area (Å²) in [5.41, 5.74) is 0.970. The summed E-state index contributed by atoms with van der Waals surface area (Å²) in [5, 5.41) is 5.45.